The number of ether oxygens (including phenoxy) is 1. The molecule has 1 aliphatic heterocycles. The largest absolute Gasteiger partial charge is 0.494 e. The van der Waals surface area contributed by atoms with Gasteiger partial charge in [0.15, 0.2) is 5.82 Å². The Kier molecular flexibility index (Phi) is 6.40. The molecule has 0 aliphatic carbocycles. The predicted octanol–water partition coefficient (Wildman–Crippen LogP) is 4.54. The number of amides is 1. The summed E-state index contributed by atoms with van der Waals surface area (Å²) in [5.41, 5.74) is 1.38. The maximum absolute atomic E-state index is 13.6. The summed E-state index contributed by atoms with van der Waals surface area (Å²) in [5.74, 6) is 1.52. The highest BCUT2D eigenvalue weighted by atomic mass is 19.1. The molecule has 1 aromatic heterocycles. The van der Waals surface area contributed by atoms with Crippen molar-refractivity contribution < 1.29 is 13.9 Å². The predicted molar refractivity (Wildman–Crippen MR) is 119 cm³/mol. The van der Waals surface area contributed by atoms with Gasteiger partial charge in [-0.1, -0.05) is 12.1 Å². The molecule has 1 saturated heterocycles. The van der Waals surface area contributed by atoms with Gasteiger partial charge in [-0.25, -0.2) is 14.4 Å². The standard InChI is InChI=1S/C24H25FN4O2/c1-2-31-21-10-8-20(9-11-21)27-24(30)18-6-4-14-29(16-18)22-12-13-26-23(28-22)17-5-3-7-19(25)15-17/h3,5,7-13,15,18H,2,4,6,14,16H2,1H3,(H,27,30)/t18-/m0/s1. The SMILES string of the molecule is CCOc1ccc(NC(=O)[C@H]2CCCN(c3ccnc(-c4cccc(F)c4)n3)C2)cc1. The van der Waals surface area contributed by atoms with Crippen molar-refractivity contribution in [2.75, 3.05) is 29.9 Å². The summed E-state index contributed by atoms with van der Waals surface area (Å²) in [4.78, 5) is 23.8. The van der Waals surface area contributed by atoms with Gasteiger partial charge >= 0.3 is 0 Å². The molecule has 0 bridgehead atoms. The molecule has 0 unspecified atom stereocenters. The molecular formula is C24H25FN4O2. The first-order chi connectivity index (χ1) is 15.1. The van der Waals surface area contributed by atoms with Gasteiger partial charge in [-0.2, -0.15) is 0 Å². The molecule has 3 aromatic rings. The van der Waals surface area contributed by atoms with Crippen molar-refractivity contribution in [2.45, 2.75) is 19.8 Å². The average molecular weight is 420 g/mol. The number of hydrogen-bond donors (Lipinski definition) is 1. The lowest BCUT2D eigenvalue weighted by Crippen LogP contribution is -2.41. The molecule has 160 valence electrons. The molecule has 31 heavy (non-hydrogen) atoms. The van der Waals surface area contributed by atoms with E-state index < -0.39 is 0 Å². The number of anilines is 2. The Labute approximate surface area is 181 Å². The zero-order valence-electron chi connectivity index (χ0n) is 17.4. The molecule has 2 heterocycles. The van der Waals surface area contributed by atoms with E-state index in [1.54, 1.807) is 18.3 Å². The van der Waals surface area contributed by atoms with E-state index in [0.29, 0.717) is 24.5 Å². The van der Waals surface area contributed by atoms with Crippen LogP contribution in [0.4, 0.5) is 15.9 Å². The highest BCUT2D eigenvalue weighted by Crippen LogP contribution is 2.25. The lowest BCUT2D eigenvalue weighted by Gasteiger charge is -2.33. The van der Waals surface area contributed by atoms with E-state index in [2.05, 4.69) is 20.2 Å². The summed E-state index contributed by atoms with van der Waals surface area (Å²) in [6.45, 7) is 3.92. The van der Waals surface area contributed by atoms with Gasteiger partial charge in [0.2, 0.25) is 5.91 Å². The monoisotopic (exact) mass is 420 g/mol. The van der Waals surface area contributed by atoms with E-state index in [9.17, 15) is 9.18 Å². The van der Waals surface area contributed by atoms with Crippen LogP contribution in [0.1, 0.15) is 19.8 Å². The van der Waals surface area contributed by atoms with E-state index in [1.165, 1.54) is 12.1 Å². The molecule has 2 aromatic carbocycles. The molecule has 6 nitrogen and oxygen atoms in total. The van der Waals surface area contributed by atoms with Crippen LogP contribution in [0.3, 0.4) is 0 Å². The second kappa shape index (κ2) is 9.55. The number of rotatable bonds is 6. The molecule has 1 aliphatic rings. The number of nitrogens with one attached hydrogen (secondary N) is 1. The minimum absolute atomic E-state index is 0.00623. The summed E-state index contributed by atoms with van der Waals surface area (Å²) in [6, 6.07) is 15.5. The van der Waals surface area contributed by atoms with Gasteiger partial charge in [0.25, 0.3) is 0 Å². The van der Waals surface area contributed by atoms with Crippen LogP contribution in [0.15, 0.2) is 60.8 Å². The third kappa shape index (κ3) is 5.17. The Morgan fingerprint density at radius 2 is 2.06 bits per heavy atom. The van der Waals surface area contributed by atoms with Crippen molar-refractivity contribution in [3.05, 3.63) is 66.6 Å². The first kappa shape index (κ1) is 20.8. The van der Waals surface area contributed by atoms with Crippen molar-refractivity contribution in [3.63, 3.8) is 0 Å². The van der Waals surface area contributed by atoms with Crippen molar-refractivity contribution in [2.24, 2.45) is 5.92 Å². The molecule has 0 saturated carbocycles. The summed E-state index contributed by atoms with van der Waals surface area (Å²) in [6.07, 6.45) is 3.38. The molecule has 7 heteroatoms. The number of aromatic nitrogens is 2. The van der Waals surface area contributed by atoms with E-state index >= 15 is 0 Å². The smallest absolute Gasteiger partial charge is 0.229 e. The number of piperidine rings is 1. The average Bonchev–Trinajstić information content (AvgIpc) is 2.81. The maximum Gasteiger partial charge on any atom is 0.229 e. The third-order valence-corrected chi connectivity index (χ3v) is 5.27. The van der Waals surface area contributed by atoms with Crippen molar-refractivity contribution in [3.8, 4) is 17.1 Å². The van der Waals surface area contributed by atoms with Gasteiger partial charge in [-0.3, -0.25) is 4.79 Å². The van der Waals surface area contributed by atoms with Gasteiger partial charge in [0, 0.05) is 30.5 Å². The Balaban J connectivity index is 1.43. The minimum atomic E-state index is -0.324. The van der Waals surface area contributed by atoms with E-state index in [-0.39, 0.29) is 17.6 Å². The Hall–Kier alpha value is -3.48. The Morgan fingerprint density at radius 3 is 2.84 bits per heavy atom. The van der Waals surface area contributed by atoms with Crippen LogP contribution in [0.2, 0.25) is 0 Å². The zero-order chi connectivity index (χ0) is 21.6. The fraction of sp³-hybridized carbons (Fsp3) is 0.292. The van der Waals surface area contributed by atoms with E-state index in [1.807, 2.05) is 37.3 Å². The fourth-order valence-electron chi connectivity index (χ4n) is 3.74. The van der Waals surface area contributed by atoms with Crippen molar-refractivity contribution >= 4 is 17.4 Å². The van der Waals surface area contributed by atoms with Crippen LogP contribution in [0.5, 0.6) is 5.75 Å². The normalized spacial score (nSPS) is 16.1. The summed E-state index contributed by atoms with van der Waals surface area (Å²) >= 11 is 0. The number of carbonyl (C=O) groups is 1. The van der Waals surface area contributed by atoms with E-state index in [4.69, 9.17) is 4.74 Å². The number of nitrogens with zero attached hydrogens (tertiary/aromatic N) is 3. The number of benzene rings is 2. The molecule has 1 N–H and O–H groups in total. The first-order valence-corrected chi connectivity index (χ1v) is 10.5. The second-order valence-electron chi connectivity index (χ2n) is 7.48. The van der Waals surface area contributed by atoms with Gasteiger partial charge < -0.3 is 15.0 Å². The van der Waals surface area contributed by atoms with Gasteiger partial charge in [0.1, 0.15) is 17.4 Å². The van der Waals surface area contributed by atoms with Crippen LogP contribution in [-0.2, 0) is 4.79 Å². The lowest BCUT2D eigenvalue weighted by atomic mass is 9.97. The molecule has 4 rings (SSSR count). The van der Waals surface area contributed by atoms with Gasteiger partial charge in [-0.05, 0) is 62.2 Å². The van der Waals surface area contributed by atoms with Crippen molar-refractivity contribution in [1.29, 1.82) is 0 Å². The van der Waals surface area contributed by atoms with Gasteiger partial charge in [0.05, 0.1) is 12.5 Å². The lowest BCUT2D eigenvalue weighted by molar-refractivity contribution is -0.120. The van der Waals surface area contributed by atoms with Crippen LogP contribution in [0, 0.1) is 11.7 Å². The quantitative estimate of drug-likeness (QED) is 0.634. The highest BCUT2D eigenvalue weighted by molar-refractivity contribution is 5.93. The molecule has 1 atom stereocenters. The maximum atomic E-state index is 13.6. The van der Waals surface area contributed by atoms with Crippen LogP contribution in [-0.4, -0.2) is 35.6 Å². The van der Waals surface area contributed by atoms with Crippen molar-refractivity contribution in [1.82, 2.24) is 9.97 Å². The Bertz CT molecular complexity index is 1040. The molecule has 0 spiro atoms. The highest BCUT2D eigenvalue weighted by Gasteiger charge is 2.27. The third-order valence-electron chi connectivity index (χ3n) is 5.27. The minimum Gasteiger partial charge on any atom is -0.494 e. The molecule has 1 fully saturated rings. The zero-order valence-corrected chi connectivity index (χ0v) is 17.4. The fourth-order valence-corrected chi connectivity index (χ4v) is 3.74. The topological polar surface area (TPSA) is 67.3 Å². The van der Waals surface area contributed by atoms with Crippen LogP contribution in [0.25, 0.3) is 11.4 Å². The van der Waals surface area contributed by atoms with E-state index in [0.717, 1.165) is 36.6 Å². The number of halogens is 1. The first-order valence-electron chi connectivity index (χ1n) is 10.5. The molecule has 1 amide bonds. The summed E-state index contributed by atoms with van der Waals surface area (Å²) < 4.78 is 19.0. The van der Waals surface area contributed by atoms with Gasteiger partial charge in [-0.15, -0.1) is 0 Å². The van der Waals surface area contributed by atoms with Crippen LogP contribution < -0.4 is 15.0 Å². The molecule has 0 radical (unpaired) electrons. The number of carbonyl (C=O) groups excluding carboxylic acids is 1. The number of hydrogen-bond acceptors (Lipinski definition) is 5. The Morgan fingerprint density at radius 1 is 1.23 bits per heavy atom. The summed E-state index contributed by atoms with van der Waals surface area (Å²) in [5, 5.41) is 3.00. The molecular weight excluding hydrogens is 395 g/mol. The second-order valence-corrected chi connectivity index (χ2v) is 7.48. The summed E-state index contributed by atoms with van der Waals surface area (Å²) in [7, 11) is 0. The van der Waals surface area contributed by atoms with Crippen LogP contribution >= 0.6 is 0 Å².